The van der Waals surface area contributed by atoms with Gasteiger partial charge in [-0.3, -0.25) is 4.79 Å². The van der Waals surface area contributed by atoms with Crippen molar-refractivity contribution in [3.8, 4) is 0 Å². The van der Waals surface area contributed by atoms with Crippen molar-refractivity contribution in [2.75, 3.05) is 31.1 Å². The summed E-state index contributed by atoms with van der Waals surface area (Å²) >= 11 is 0. The predicted octanol–water partition coefficient (Wildman–Crippen LogP) is 1.88. The molecule has 2 aliphatic heterocycles. The van der Waals surface area contributed by atoms with Gasteiger partial charge in [0.2, 0.25) is 5.95 Å². The summed E-state index contributed by atoms with van der Waals surface area (Å²) in [6.45, 7) is 4.70. The molecule has 5 nitrogen and oxygen atoms in total. The number of Topliss-reactive ketones (excluding diaryl/α,β-unsaturated/α-hetero) is 1. The maximum atomic E-state index is 12.0. The monoisotopic (exact) mass is 328 g/mol. The van der Waals surface area contributed by atoms with Crippen LogP contribution in [-0.2, 0) is 6.54 Å². The van der Waals surface area contributed by atoms with Crippen LogP contribution in [-0.4, -0.2) is 41.5 Å². The minimum atomic E-state index is 0. The fourth-order valence-corrected chi connectivity index (χ4v) is 3.06. The van der Waals surface area contributed by atoms with Crippen molar-refractivity contribution in [3.63, 3.8) is 0 Å². The Morgan fingerprint density at radius 1 is 1.10 bits per heavy atom. The highest BCUT2D eigenvalue weighted by atomic mass is 35.5. The molecule has 0 unspecified atom stereocenters. The molecule has 3 heterocycles. The van der Waals surface area contributed by atoms with Crippen molar-refractivity contribution in [1.29, 1.82) is 0 Å². The van der Waals surface area contributed by atoms with E-state index in [4.69, 9.17) is 4.98 Å². The summed E-state index contributed by atoms with van der Waals surface area (Å²) in [5.41, 5.74) is 2.80. The van der Waals surface area contributed by atoms with Crippen LogP contribution >= 0.6 is 24.8 Å². The van der Waals surface area contributed by atoms with Gasteiger partial charge < -0.3 is 14.8 Å². The maximum absolute atomic E-state index is 12.0. The maximum Gasteiger partial charge on any atom is 0.206 e. The molecule has 0 amide bonds. The molecule has 0 spiro atoms. The number of halogens is 2. The smallest absolute Gasteiger partial charge is 0.206 e. The van der Waals surface area contributed by atoms with Crippen molar-refractivity contribution in [1.82, 2.24) is 14.9 Å². The summed E-state index contributed by atoms with van der Waals surface area (Å²) in [7, 11) is 0. The average molecular weight is 329 g/mol. The lowest BCUT2D eigenvalue weighted by Crippen LogP contribution is -2.44. The zero-order chi connectivity index (χ0) is 12.8. The Kier molecular flexibility index (Phi) is 4.76. The van der Waals surface area contributed by atoms with E-state index >= 15 is 0 Å². The molecule has 0 aliphatic carbocycles. The van der Waals surface area contributed by atoms with Gasteiger partial charge in [-0.25, -0.2) is 4.98 Å². The van der Waals surface area contributed by atoms with Crippen LogP contribution in [0.25, 0.3) is 11.0 Å². The number of para-hydroxylation sites is 1. The number of ketones is 1. The molecule has 0 radical (unpaired) electrons. The van der Waals surface area contributed by atoms with E-state index in [1.165, 1.54) is 0 Å². The molecular weight excluding hydrogens is 311 g/mol. The third kappa shape index (κ3) is 2.50. The second-order valence-electron chi connectivity index (χ2n) is 5.15. The Labute approximate surface area is 135 Å². The number of aryl methyl sites for hydroxylation is 1. The van der Waals surface area contributed by atoms with E-state index < -0.39 is 0 Å². The molecule has 1 aromatic heterocycles. The van der Waals surface area contributed by atoms with Gasteiger partial charge in [0.15, 0.2) is 5.78 Å². The molecular formula is C14H18Cl2N4O. The van der Waals surface area contributed by atoms with Gasteiger partial charge in [-0.1, -0.05) is 6.07 Å². The molecule has 1 N–H and O–H groups in total. The van der Waals surface area contributed by atoms with Crippen molar-refractivity contribution in [2.24, 2.45) is 0 Å². The number of nitrogens with one attached hydrogen (secondary N) is 1. The quantitative estimate of drug-likeness (QED) is 0.868. The van der Waals surface area contributed by atoms with Gasteiger partial charge >= 0.3 is 0 Å². The lowest BCUT2D eigenvalue weighted by atomic mass is 10.0. The van der Waals surface area contributed by atoms with Gasteiger partial charge in [-0.15, -0.1) is 24.8 Å². The zero-order valence-corrected chi connectivity index (χ0v) is 13.2. The van der Waals surface area contributed by atoms with E-state index in [-0.39, 0.29) is 30.6 Å². The van der Waals surface area contributed by atoms with E-state index in [0.29, 0.717) is 6.42 Å². The molecule has 2 aromatic rings. The number of anilines is 1. The predicted molar refractivity (Wildman–Crippen MR) is 88.3 cm³/mol. The first-order valence-electron chi connectivity index (χ1n) is 6.83. The Hall–Kier alpha value is -1.30. The SMILES string of the molecule is Cl.Cl.O=C1CCn2c(N3CCNCC3)nc3cccc1c32. The van der Waals surface area contributed by atoms with Crippen LogP contribution in [0.1, 0.15) is 16.8 Å². The van der Waals surface area contributed by atoms with Gasteiger partial charge in [0.1, 0.15) is 0 Å². The minimum Gasteiger partial charge on any atom is -0.340 e. The number of imidazole rings is 1. The number of carbonyl (C=O) groups excluding carboxylic acids is 1. The number of nitrogens with zero attached hydrogens (tertiary/aromatic N) is 3. The van der Waals surface area contributed by atoms with Crippen LogP contribution in [0.2, 0.25) is 0 Å². The molecule has 114 valence electrons. The van der Waals surface area contributed by atoms with E-state index in [2.05, 4.69) is 14.8 Å². The summed E-state index contributed by atoms with van der Waals surface area (Å²) in [4.78, 5) is 19.1. The number of hydrogen-bond acceptors (Lipinski definition) is 4. The molecule has 0 bridgehead atoms. The number of hydrogen-bond donors (Lipinski definition) is 1. The number of carbonyl (C=O) groups is 1. The van der Waals surface area contributed by atoms with Crippen LogP contribution in [0.15, 0.2) is 18.2 Å². The summed E-state index contributed by atoms with van der Waals surface area (Å²) in [6.07, 6.45) is 0.585. The summed E-state index contributed by atoms with van der Waals surface area (Å²) in [5.74, 6) is 1.27. The highest BCUT2D eigenvalue weighted by Gasteiger charge is 2.25. The second-order valence-corrected chi connectivity index (χ2v) is 5.15. The van der Waals surface area contributed by atoms with Crippen molar-refractivity contribution in [2.45, 2.75) is 13.0 Å². The normalized spacial score (nSPS) is 17.3. The van der Waals surface area contributed by atoms with Crippen LogP contribution in [0.4, 0.5) is 5.95 Å². The largest absolute Gasteiger partial charge is 0.340 e. The molecule has 1 fully saturated rings. The van der Waals surface area contributed by atoms with E-state index in [0.717, 1.165) is 55.3 Å². The Balaban J connectivity index is 0.000000807. The average Bonchev–Trinajstić information content (AvgIpc) is 2.84. The highest BCUT2D eigenvalue weighted by molar-refractivity contribution is 6.08. The third-order valence-electron chi connectivity index (χ3n) is 4.01. The molecule has 1 saturated heterocycles. The van der Waals surface area contributed by atoms with Crippen molar-refractivity contribution < 1.29 is 4.79 Å². The van der Waals surface area contributed by atoms with E-state index in [9.17, 15) is 4.79 Å². The Bertz CT molecular complexity index is 664. The Morgan fingerprint density at radius 3 is 2.62 bits per heavy atom. The number of rotatable bonds is 1. The molecule has 21 heavy (non-hydrogen) atoms. The van der Waals surface area contributed by atoms with Crippen molar-refractivity contribution in [3.05, 3.63) is 23.8 Å². The number of piperazine rings is 1. The summed E-state index contributed by atoms with van der Waals surface area (Å²) in [6, 6.07) is 5.85. The Morgan fingerprint density at radius 2 is 1.86 bits per heavy atom. The van der Waals surface area contributed by atoms with Gasteiger partial charge in [-0.05, 0) is 12.1 Å². The number of benzene rings is 1. The van der Waals surface area contributed by atoms with Gasteiger partial charge in [0.05, 0.1) is 11.0 Å². The first kappa shape index (κ1) is 16.1. The summed E-state index contributed by atoms with van der Waals surface area (Å²) < 4.78 is 2.22. The first-order valence-corrected chi connectivity index (χ1v) is 6.83. The van der Waals surface area contributed by atoms with Crippen molar-refractivity contribution >= 4 is 47.6 Å². The molecule has 7 heteroatoms. The molecule has 4 rings (SSSR count). The van der Waals surface area contributed by atoms with Crippen LogP contribution in [0.5, 0.6) is 0 Å². The first-order chi connectivity index (χ1) is 9.34. The van der Waals surface area contributed by atoms with Gasteiger partial charge in [0, 0.05) is 44.7 Å². The topological polar surface area (TPSA) is 50.2 Å². The molecule has 1 aromatic carbocycles. The molecule has 2 aliphatic rings. The van der Waals surface area contributed by atoms with Crippen LogP contribution < -0.4 is 10.2 Å². The van der Waals surface area contributed by atoms with E-state index in [1.807, 2.05) is 18.2 Å². The third-order valence-corrected chi connectivity index (χ3v) is 4.01. The second kappa shape index (κ2) is 6.22. The van der Waals surface area contributed by atoms with Gasteiger partial charge in [0.25, 0.3) is 0 Å². The lowest BCUT2D eigenvalue weighted by Gasteiger charge is -2.29. The molecule has 0 atom stereocenters. The standard InChI is InChI=1S/C14H16N4O.2ClH/c19-12-4-7-18-13-10(12)2-1-3-11(13)16-14(18)17-8-5-15-6-9-17;;/h1-3,15H,4-9H2;2*1H. The van der Waals surface area contributed by atoms with E-state index in [1.54, 1.807) is 0 Å². The van der Waals surface area contributed by atoms with Crippen LogP contribution in [0.3, 0.4) is 0 Å². The highest BCUT2D eigenvalue weighted by Crippen LogP contribution is 2.30. The lowest BCUT2D eigenvalue weighted by molar-refractivity contribution is 0.0973. The minimum absolute atomic E-state index is 0. The fourth-order valence-electron chi connectivity index (χ4n) is 3.06. The fraction of sp³-hybridized carbons (Fsp3) is 0.429. The number of aromatic nitrogens is 2. The zero-order valence-electron chi connectivity index (χ0n) is 11.5. The van der Waals surface area contributed by atoms with Crippen LogP contribution in [0, 0.1) is 0 Å². The summed E-state index contributed by atoms with van der Waals surface area (Å²) in [5, 5.41) is 3.36. The van der Waals surface area contributed by atoms with Gasteiger partial charge in [-0.2, -0.15) is 0 Å². The molecule has 0 saturated carbocycles.